The molecule has 0 amide bonds. The van der Waals surface area contributed by atoms with Gasteiger partial charge in [-0.1, -0.05) is 0 Å². The van der Waals surface area contributed by atoms with Gasteiger partial charge in [0.1, 0.15) is 18.2 Å². The van der Waals surface area contributed by atoms with Crippen molar-refractivity contribution in [2.24, 2.45) is 4.99 Å². The average molecular weight is 425 g/mol. The molecule has 2 N–H and O–H groups in total. The van der Waals surface area contributed by atoms with Gasteiger partial charge in [-0.2, -0.15) is 5.10 Å². The Hall–Kier alpha value is -1.87. The number of guanidine groups is 1. The smallest absolute Gasteiger partial charge is 0.191 e. The van der Waals surface area contributed by atoms with Gasteiger partial charge in [0.25, 0.3) is 0 Å². The number of hydrogen-bond acceptors (Lipinski definition) is 5. The summed E-state index contributed by atoms with van der Waals surface area (Å²) >= 11 is 3.32. The number of methoxy groups -OCH3 is 1. The molecule has 9 heteroatoms. The van der Waals surface area contributed by atoms with Gasteiger partial charge < -0.3 is 19.8 Å². The lowest BCUT2D eigenvalue weighted by molar-refractivity contribution is 0.177. The Kier molecular flexibility index (Phi) is 6.67. The van der Waals surface area contributed by atoms with E-state index >= 15 is 0 Å². The van der Waals surface area contributed by atoms with Crippen LogP contribution in [0, 0.1) is 0 Å². The second kappa shape index (κ2) is 9.18. The van der Waals surface area contributed by atoms with Crippen molar-refractivity contribution >= 4 is 21.9 Å². The van der Waals surface area contributed by atoms with Crippen molar-refractivity contribution in [3.8, 4) is 0 Å². The van der Waals surface area contributed by atoms with Crippen LogP contribution in [-0.4, -0.2) is 47.0 Å². The molecule has 1 atom stereocenters. The predicted molar refractivity (Wildman–Crippen MR) is 102 cm³/mol. The average Bonchev–Trinajstić information content (AvgIpc) is 3.20. The summed E-state index contributed by atoms with van der Waals surface area (Å²) in [6.45, 7) is 4.77. The molecule has 0 aliphatic carbocycles. The molecule has 3 rings (SSSR count). The molecule has 2 aromatic rings. The van der Waals surface area contributed by atoms with Crippen molar-refractivity contribution in [1.29, 1.82) is 0 Å². The summed E-state index contributed by atoms with van der Waals surface area (Å²) in [5.41, 5.74) is 0. The van der Waals surface area contributed by atoms with Gasteiger partial charge >= 0.3 is 0 Å². The molecule has 142 valence electrons. The first-order valence-corrected chi connectivity index (χ1v) is 9.67. The molecule has 0 saturated carbocycles. The molecule has 3 heterocycles. The highest BCUT2D eigenvalue weighted by Crippen LogP contribution is 2.15. The molecule has 26 heavy (non-hydrogen) atoms. The fourth-order valence-corrected chi connectivity index (χ4v) is 3.29. The van der Waals surface area contributed by atoms with Crippen molar-refractivity contribution in [3.63, 3.8) is 0 Å². The summed E-state index contributed by atoms with van der Waals surface area (Å²) < 4.78 is 13.4. The number of fused-ring (bicyclic) bond motifs is 1. The van der Waals surface area contributed by atoms with Crippen LogP contribution in [0.15, 0.2) is 26.2 Å². The second-order valence-corrected chi connectivity index (χ2v) is 6.94. The van der Waals surface area contributed by atoms with E-state index in [1.165, 1.54) is 0 Å². The Labute approximate surface area is 161 Å². The standard InChI is InChI=1S/C17H25BrN6O2/c1-3-19-17(20-9-8-13-5-6-14(18)26-13)21-12-4-7-16-22-15(11-25-2)23-24(16)10-12/h5-6,12H,3-4,7-11H2,1-2H3,(H2,19,20,21). The molecule has 0 saturated heterocycles. The molecule has 2 aromatic heterocycles. The van der Waals surface area contributed by atoms with E-state index in [9.17, 15) is 0 Å². The molecule has 1 aliphatic heterocycles. The lowest BCUT2D eigenvalue weighted by atomic mass is 10.1. The van der Waals surface area contributed by atoms with Crippen molar-refractivity contribution in [3.05, 3.63) is 34.2 Å². The van der Waals surface area contributed by atoms with Crippen molar-refractivity contribution in [2.45, 2.75) is 45.4 Å². The van der Waals surface area contributed by atoms with E-state index in [-0.39, 0.29) is 6.04 Å². The fourth-order valence-electron chi connectivity index (χ4n) is 2.95. The van der Waals surface area contributed by atoms with E-state index in [0.29, 0.717) is 13.2 Å². The maximum absolute atomic E-state index is 5.51. The summed E-state index contributed by atoms with van der Waals surface area (Å²) in [4.78, 5) is 9.17. The second-order valence-electron chi connectivity index (χ2n) is 6.16. The van der Waals surface area contributed by atoms with Gasteiger partial charge in [0, 0.05) is 39.1 Å². The topological polar surface area (TPSA) is 89.5 Å². The van der Waals surface area contributed by atoms with Crippen LogP contribution in [0.3, 0.4) is 0 Å². The number of aromatic nitrogens is 3. The van der Waals surface area contributed by atoms with Gasteiger partial charge in [-0.3, -0.25) is 4.99 Å². The van der Waals surface area contributed by atoms with Crippen LogP contribution in [0.4, 0.5) is 0 Å². The van der Waals surface area contributed by atoms with Crippen LogP contribution in [-0.2, 0) is 30.7 Å². The van der Waals surface area contributed by atoms with E-state index in [0.717, 1.165) is 60.4 Å². The Morgan fingerprint density at radius 2 is 2.38 bits per heavy atom. The van der Waals surface area contributed by atoms with Crippen LogP contribution < -0.4 is 10.6 Å². The monoisotopic (exact) mass is 424 g/mol. The van der Waals surface area contributed by atoms with Crippen molar-refractivity contribution in [2.75, 3.05) is 20.2 Å². The van der Waals surface area contributed by atoms with E-state index in [2.05, 4.69) is 48.6 Å². The molecule has 1 aliphatic rings. The largest absolute Gasteiger partial charge is 0.454 e. The highest BCUT2D eigenvalue weighted by molar-refractivity contribution is 9.10. The van der Waals surface area contributed by atoms with E-state index in [4.69, 9.17) is 9.15 Å². The molecule has 0 radical (unpaired) electrons. The first-order valence-electron chi connectivity index (χ1n) is 8.88. The maximum Gasteiger partial charge on any atom is 0.191 e. The summed E-state index contributed by atoms with van der Waals surface area (Å²) in [6, 6.07) is 4.14. The predicted octanol–water partition coefficient (Wildman–Crippen LogP) is 1.89. The van der Waals surface area contributed by atoms with Crippen molar-refractivity contribution < 1.29 is 9.15 Å². The molecule has 0 spiro atoms. The third-order valence-corrected chi connectivity index (χ3v) is 4.54. The summed E-state index contributed by atoms with van der Waals surface area (Å²) in [5, 5.41) is 11.3. The van der Waals surface area contributed by atoms with Crippen LogP contribution in [0.2, 0.25) is 0 Å². The van der Waals surface area contributed by atoms with Crippen molar-refractivity contribution in [1.82, 2.24) is 25.4 Å². The summed E-state index contributed by atoms with van der Waals surface area (Å²) in [6.07, 6.45) is 2.66. The molecular formula is C17H25BrN6O2. The third-order valence-electron chi connectivity index (χ3n) is 4.12. The maximum atomic E-state index is 5.51. The van der Waals surface area contributed by atoms with E-state index in [1.807, 2.05) is 16.8 Å². The van der Waals surface area contributed by atoms with Gasteiger partial charge in [-0.05, 0) is 41.4 Å². The first-order chi connectivity index (χ1) is 12.7. The number of furan rings is 1. The first kappa shape index (κ1) is 18.9. The molecule has 0 bridgehead atoms. The number of aliphatic imine (C=N–C) groups is 1. The number of rotatable bonds is 7. The molecule has 0 aromatic carbocycles. The number of nitrogens with one attached hydrogen (secondary N) is 2. The minimum Gasteiger partial charge on any atom is -0.454 e. The van der Waals surface area contributed by atoms with Gasteiger partial charge in [0.05, 0.1) is 6.54 Å². The van der Waals surface area contributed by atoms with Gasteiger partial charge in [0.2, 0.25) is 0 Å². The van der Waals surface area contributed by atoms with Crippen LogP contribution in [0.25, 0.3) is 0 Å². The fraction of sp³-hybridized carbons (Fsp3) is 0.588. The Bertz CT molecular complexity index is 741. The minimum absolute atomic E-state index is 0.273. The van der Waals surface area contributed by atoms with Crippen LogP contribution in [0.1, 0.15) is 30.8 Å². The quantitative estimate of drug-likeness (QED) is 0.520. The minimum atomic E-state index is 0.273. The molecule has 8 nitrogen and oxygen atoms in total. The zero-order chi connectivity index (χ0) is 18.4. The van der Waals surface area contributed by atoms with E-state index < -0.39 is 0 Å². The number of nitrogens with zero attached hydrogens (tertiary/aromatic N) is 4. The Morgan fingerprint density at radius 3 is 3.12 bits per heavy atom. The number of hydrogen-bond donors (Lipinski definition) is 2. The Morgan fingerprint density at radius 1 is 1.50 bits per heavy atom. The van der Waals surface area contributed by atoms with Crippen LogP contribution >= 0.6 is 15.9 Å². The zero-order valence-electron chi connectivity index (χ0n) is 15.2. The molecular weight excluding hydrogens is 400 g/mol. The van der Waals surface area contributed by atoms with Gasteiger partial charge in [-0.25, -0.2) is 9.67 Å². The van der Waals surface area contributed by atoms with Gasteiger partial charge in [0.15, 0.2) is 16.5 Å². The normalized spacial score (nSPS) is 17.2. The highest BCUT2D eigenvalue weighted by atomic mass is 79.9. The third kappa shape index (κ3) is 5.07. The zero-order valence-corrected chi connectivity index (χ0v) is 16.8. The summed E-state index contributed by atoms with van der Waals surface area (Å²) in [7, 11) is 1.66. The molecule has 1 unspecified atom stereocenters. The highest BCUT2D eigenvalue weighted by Gasteiger charge is 2.22. The SMILES string of the molecule is CCNC(=NCCc1ccc(Br)o1)NC1CCc2nc(COC)nn2C1. The summed E-state index contributed by atoms with van der Waals surface area (Å²) in [5.74, 6) is 3.52. The lowest BCUT2D eigenvalue weighted by Crippen LogP contribution is -2.47. The number of halogens is 1. The Balaban J connectivity index is 1.56. The lowest BCUT2D eigenvalue weighted by Gasteiger charge is -2.25. The molecule has 0 fully saturated rings. The van der Waals surface area contributed by atoms with Gasteiger partial charge in [-0.15, -0.1) is 0 Å². The number of aryl methyl sites for hydroxylation is 1. The van der Waals surface area contributed by atoms with E-state index in [1.54, 1.807) is 7.11 Å². The van der Waals surface area contributed by atoms with Crippen LogP contribution in [0.5, 0.6) is 0 Å². The number of ether oxygens (including phenoxy) is 1.